The lowest BCUT2D eigenvalue weighted by Crippen LogP contribution is -2.45. The van der Waals surface area contributed by atoms with Crippen molar-refractivity contribution in [3.63, 3.8) is 0 Å². The minimum absolute atomic E-state index is 0.0243. The minimum atomic E-state index is -4.01. The van der Waals surface area contributed by atoms with Gasteiger partial charge >= 0.3 is 5.97 Å². The average molecular weight is 559 g/mol. The molecule has 1 aliphatic heterocycles. The molecule has 0 fully saturated rings. The molecule has 1 heterocycles. The topological polar surface area (TPSA) is 104 Å². The predicted molar refractivity (Wildman–Crippen MR) is 148 cm³/mol. The monoisotopic (exact) mass is 558 g/mol. The molecule has 0 spiro atoms. The van der Waals surface area contributed by atoms with Crippen molar-refractivity contribution in [2.24, 2.45) is 5.16 Å². The van der Waals surface area contributed by atoms with Crippen molar-refractivity contribution in [2.75, 3.05) is 31.7 Å². The second-order valence-corrected chi connectivity index (χ2v) is 15.9. The quantitative estimate of drug-likeness (QED) is 0.165. The van der Waals surface area contributed by atoms with Gasteiger partial charge in [-0.3, -0.25) is 4.31 Å². The molecule has 0 saturated heterocycles. The van der Waals surface area contributed by atoms with Crippen LogP contribution in [0.15, 0.2) is 52.5 Å². The first kappa shape index (κ1) is 29.2. The number of benzene rings is 2. The first-order chi connectivity index (χ1) is 17.9. The Morgan fingerprint density at radius 2 is 1.82 bits per heavy atom. The lowest BCUT2D eigenvalue weighted by molar-refractivity contribution is -0.136. The number of carbonyl (C=O) groups is 1. The van der Waals surface area contributed by atoms with Crippen LogP contribution < -0.4 is 9.04 Å². The van der Waals surface area contributed by atoms with Crippen LogP contribution in [0.3, 0.4) is 0 Å². The van der Waals surface area contributed by atoms with Crippen LogP contribution in [0.5, 0.6) is 5.75 Å². The van der Waals surface area contributed by atoms with Crippen molar-refractivity contribution in [3.8, 4) is 17.6 Å². The molecule has 1 unspecified atom stereocenters. The molecule has 0 saturated carbocycles. The van der Waals surface area contributed by atoms with E-state index in [1.54, 1.807) is 49.4 Å². The molecular weight excluding hydrogens is 524 g/mol. The maximum atomic E-state index is 14.0. The molecule has 9 nitrogen and oxygen atoms in total. The van der Waals surface area contributed by atoms with Gasteiger partial charge in [0.2, 0.25) is 0 Å². The Hall–Kier alpha value is -3.33. The van der Waals surface area contributed by atoms with Gasteiger partial charge in [-0.1, -0.05) is 22.9 Å². The first-order valence-electron chi connectivity index (χ1n) is 12.2. The fourth-order valence-electron chi connectivity index (χ4n) is 4.15. The molecule has 3 rings (SSSR count). The summed E-state index contributed by atoms with van der Waals surface area (Å²) in [6.07, 6.45) is 0.123. The molecule has 0 aromatic heterocycles. The van der Waals surface area contributed by atoms with Gasteiger partial charge in [0.25, 0.3) is 10.0 Å². The highest BCUT2D eigenvalue weighted by Gasteiger charge is 2.48. The molecule has 204 valence electrons. The number of oxime groups is 1. The standard InChI is InChI=1S/C27H34N2O7SSi/c1-8-35-26(30)15-17-27(36-38(5,6)7)23-14-11-21(33-3)19-24(23)29(18-16-25(27)28-34-4)37(31,32)22-12-9-20(2)10-13-22/h9-14,19H,8,16,18H2,1-7H3/b28-25+. The molecular formula is C27H34N2O7SSi. The van der Waals surface area contributed by atoms with Gasteiger partial charge in [-0.05, 0) is 63.7 Å². The van der Waals surface area contributed by atoms with Crippen LogP contribution in [0, 0.1) is 18.8 Å². The molecule has 0 aliphatic carbocycles. The van der Waals surface area contributed by atoms with Crippen molar-refractivity contribution in [2.45, 2.75) is 50.4 Å². The third-order valence-corrected chi connectivity index (χ3v) is 8.44. The van der Waals surface area contributed by atoms with Crippen molar-refractivity contribution in [3.05, 3.63) is 53.6 Å². The van der Waals surface area contributed by atoms with E-state index in [2.05, 4.69) is 17.0 Å². The summed E-state index contributed by atoms with van der Waals surface area (Å²) in [7, 11) is -3.54. The Labute approximate surface area is 225 Å². The van der Waals surface area contributed by atoms with E-state index in [0.29, 0.717) is 22.7 Å². The van der Waals surface area contributed by atoms with Gasteiger partial charge in [-0.2, -0.15) is 0 Å². The van der Waals surface area contributed by atoms with E-state index in [4.69, 9.17) is 18.7 Å². The van der Waals surface area contributed by atoms with E-state index >= 15 is 0 Å². The van der Waals surface area contributed by atoms with Crippen LogP contribution in [-0.2, 0) is 34.4 Å². The SMILES string of the molecule is CCOC(=O)C#CC1(O[Si](C)(C)C)/C(=N/OC)CCN(S(=O)(=O)c2ccc(C)cc2)c2cc(OC)ccc21. The number of rotatable bonds is 7. The van der Waals surface area contributed by atoms with Crippen LogP contribution in [-0.4, -0.2) is 55.8 Å². The summed E-state index contributed by atoms with van der Waals surface area (Å²) in [5, 5.41) is 4.25. The van der Waals surface area contributed by atoms with Gasteiger partial charge in [-0.25, -0.2) is 13.2 Å². The van der Waals surface area contributed by atoms with Gasteiger partial charge < -0.3 is 18.7 Å². The second-order valence-electron chi connectivity index (χ2n) is 9.61. The van der Waals surface area contributed by atoms with Crippen LogP contribution in [0.25, 0.3) is 0 Å². The second kappa shape index (κ2) is 11.6. The van der Waals surface area contributed by atoms with Crippen LogP contribution in [0.1, 0.15) is 24.5 Å². The highest BCUT2D eigenvalue weighted by Crippen LogP contribution is 2.44. The number of sulfonamides is 1. The Morgan fingerprint density at radius 3 is 2.39 bits per heavy atom. The summed E-state index contributed by atoms with van der Waals surface area (Å²) in [4.78, 5) is 17.7. The van der Waals surface area contributed by atoms with Crippen LogP contribution >= 0.6 is 0 Å². The van der Waals surface area contributed by atoms with Crippen molar-refractivity contribution in [1.29, 1.82) is 0 Å². The van der Waals surface area contributed by atoms with Gasteiger partial charge in [-0.15, -0.1) is 0 Å². The molecule has 2 aromatic carbocycles. The molecule has 0 bridgehead atoms. The molecule has 0 amide bonds. The number of esters is 1. The fraction of sp³-hybridized carbons (Fsp3) is 0.407. The van der Waals surface area contributed by atoms with Crippen molar-refractivity contribution in [1.82, 2.24) is 0 Å². The smallest absolute Gasteiger partial charge is 0.384 e. The van der Waals surface area contributed by atoms with Crippen LogP contribution in [0.4, 0.5) is 5.69 Å². The number of fused-ring (bicyclic) bond motifs is 1. The highest BCUT2D eigenvalue weighted by atomic mass is 32.2. The zero-order valence-corrected chi connectivity index (χ0v) is 24.6. The van der Waals surface area contributed by atoms with E-state index < -0.39 is 29.9 Å². The van der Waals surface area contributed by atoms with E-state index in [0.717, 1.165) is 5.56 Å². The minimum Gasteiger partial charge on any atom is -0.497 e. The number of anilines is 1. The van der Waals surface area contributed by atoms with E-state index in [-0.39, 0.29) is 24.5 Å². The maximum Gasteiger partial charge on any atom is 0.384 e. The lowest BCUT2D eigenvalue weighted by Gasteiger charge is -2.36. The largest absolute Gasteiger partial charge is 0.497 e. The van der Waals surface area contributed by atoms with E-state index in [9.17, 15) is 13.2 Å². The highest BCUT2D eigenvalue weighted by molar-refractivity contribution is 7.92. The van der Waals surface area contributed by atoms with Crippen LogP contribution in [0.2, 0.25) is 19.6 Å². The molecule has 1 atom stereocenters. The van der Waals surface area contributed by atoms with Crippen molar-refractivity contribution >= 4 is 35.7 Å². The predicted octanol–water partition coefficient (Wildman–Crippen LogP) is 4.22. The number of aryl methyl sites for hydroxylation is 1. The maximum absolute atomic E-state index is 14.0. The zero-order valence-electron chi connectivity index (χ0n) is 22.8. The number of hydrogen-bond donors (Lipinski definition) is 0. The van der Waals surface area contributed by atoms with Gasteiger partial charge in [0, 0.05) is 30.5 Å². The molecule has 38 heavy (non-hydrogen) atoms. The molecule has 0 N–H and O–H groups in total. The Bertz CT molecular complexity index is 1370. The third-order valence-electron chi connectivity index (χ3n) is 5.70. The summed E-state index contributed by atoms with van der Waals surface area (Å²) in [6.45, 7) is 9.68. The Kier molecular flexibility index (Phi) is 8.92. The Balaban J connectivity index is 2.40. The number of methoxy groups -OCH3 is 1. The summed E-state index contributed by atoms with van der Waals surface area (Å²) < 4.78 is 46.5. The summed E-state index contributed by atoms with van der Waals surface area (Å²) >= 11 is 0. The number of hydrogen-bond acceptors (Lipinski definition) is 8. The van der Waals surface area contributed by atoms with Gasteiger partial charge in [0.15, 0.2) is 13.9 Å². The average Bonchev–Trinajstić information content (AvgIpc) is 2.97. The first-order valence-corrected chi connectivity index (χ1v) is 17.0. The van der Waals surface area contributed by atoms with Gasteiger partial charge in [0.05, 0.1) is 24.3 Å². The van der Waals surface area contributed by atoms with E-state index in [1.807, 2.05) is 26.6 Å². The lowest BCUT2D eigenvalue weighted by atomic mass is 9.87. The normalized spacial score (nSPS) is 18.6. The molecule has 11 heteroatoms. The number of carbonyl (C=O) groups excluding carboxylic acids is 1. The molecule has 1 aliphatic rings. The number of ether oxygens (including phenoxy) is 2. The fourth-order valence-corrected chi connectivity index (χ4v) is 6.83. The van der Waals surface area contributed by atoms with E-state index in [1.165, 1.54) is 18.5 Å². The Morgan fingerprint density at radius 1 is 1.13 bits per heavy atom. The third kappa shape index (κ3) is 6.20. The summed E-state index contributed by atoms with van der Waals surface area (Å²) in [6, 6.07) is 11.7. The number of nitrogens with zero attached hydrogens (tertiary/aromatic N) is 2. The molecule has 2 aromatic rings. The van der Waals surface area contributed by atoms with Crippen molar-refractivity contribution < 1.29 is 31.9 Å². The summed E-state index contributed by atoms with van der Waals surface area (Å²) in [5.74, 6) is 5.24. The summed E-state index contributed by atoms with van der Waals surface area (Å²) in [5.41, 5.74) is 0.413. The molecule has 0 radical (unpaired) electrons. The van der Waals surface area contributed by atoms with Gasteiger partial charge in [0.1, 0.15) is 18.6 Å². The zero-order chi connectivity index (χ0) is 28.1.